The first kappa shape index (κ1) is 32.1. The first-order chi connectivity index (χ1) is 22.3. The number of nitrogens with zero attached hydrogens (tertiary/aromatic N) is 2. The third-order valence-corrected chi connectivity index (χ3v) is 12.3. The van der Waals surface area contributed by atoms with Gasteiger partial charge in [-0.25, -0.2) is 0 Å². The molecule has 0 aliphatic carbocycles. The molecule has 46 heavy (non-hydrogen) atoms. The standard InChI is InChI=1S/C37H44N4O4S/c1-4-40(5-2)28-18-16-27(17-19-28)39-35(44)33-37-24(3)20-30(46-37)31(34(43)38-22-26-14-10-7-11-15-26)32(37)36(45)41(33)29(23-42)21-25-12-8-6-9-13-25/h6-19,24,29-33,42H,4-5,20-23H2,1-3H3,(H,38,43)(H,39,44)/t24?,29-,30-,31+,32+,33?,37?/m1/s1. The summed E-state index contributed by atoms with van der Waals surface area (Å²) in [5.41, 5.74) is 3.68. The monoisotopic (exact) mass is 640 g/mol. The summed E-state index contributed by atoms with van der Waals surface area (Å²) in [5, 5.41) is 16.9. The molecule has 1 spiro atoms. The van der Waals surface area contributed by atoms with Gasteiger partial charge in [0.2, 0.25) is 17.7 Å². The minimum atomic E-state index is -0.842. The largest absolute Gasteiger partial charge is 0.394 e. The molecule has 3 heterocycles. The average molecular weight is 641 g/mol. The van der Waals surface area contributed by atoms with Crippen LogP contribution in [0, 0.1) is 17.8 Å². The van der Waals surface area contributed by atoms with E-state index in [4.69, 9.17) is 0 Å². The summed E-state index contributed by atoms with van der Waals surface area (Å²) < 4.78 is -0.786. The maximum absolute atomic E-state index is 14.7. The van der Waals surface area contributed by atoms with Crippen LogP contribution in [0.3, 0.4) is 0 Å². The number of benzene rings is 3. The number of fused-ring (bicyclic) bond motifs is 1. The Morgan fingerprint density at radius 1 is 0.957 bits per heavy atom. The Labute approximate surface area is 275 Å². The Hall–Kier alpha value is -3.82. The van der Waals surface area contributed by atoms with Crippen LogP contribution in [0.25, 0.3) is 0 Å². The quantitative estimate of drug-likeness (QED) is 0.265. The van der Waals surface area contributed by atoms with Crippen LogP contribution < -0.4 is 15.5 Å². The molecular weight excluding hydrogens is 596 g/mol. The lowest BCUT2D eigenvalue weighted by Crippen LogP contribution is -2.57. The van der Waals surface area contributed by atoms with E-state index in [1.165, 1.54) is 0 Å². The molecule has 3 aliphatic rings. The van der Waals surface area contributed by atoms with Gasteiger partial charge < -0.3 is 25.5 Å². The topological polar surface area (TPSA) is 102 Å². The maximum Gasteiger partial charge on any atom is 0.248 e. The molecule has 6 rings (SSSR count). The van der Waals surface area contributed by atoms with Gasteiger partial charge in [0.25, 0.3) is 0 Å². The lowest BCUT2D eigenvalue weighted by atomic mass is 9.66. The van der Waals surface area contributed by atoms with E-state index in [1.54, 1.807) is 16.7 Å². The van der Waals surface area contributed by atoms with Crippen LogP contribution in [0.1, 0.15) is 38.3 Å². The Balaban J connectivity index is 1.33. The lowest BCUT2D eigenvalue weighted by molar-refractivity contribution is -0.142. The smallest absolute Gasteiger partial charge is 0.248 e. The highest BCUT2D eigenvalue weighted by Crippen LogP contribution is 2.68. The number of rotatable bonds is 12. The highest BCUT2D eigenvalue weighted by molar-refractivity contribution is 8.02. The van der Waals surface area contributed by atoms with Crippen molar-refractivity contribution in [2.45, 2.75) is 62.2 Å². The molecule has 8 nitrogen and oxygen atoms in total. The SMILES string of the molecule is CCN(CC)c1ccc(NC(=O)C2N([C@@H](CO)Cc3ccccc3)C(=O)[C@@H]3[C@@H](C(=O)NCc4ccccc4)[C@H]4CC(C)C23S4)cc1. The molecule has 0 aromatic heterocycles. The highest BCUT2D eigenvalue weighted by atomic mass is 32.2. The van der Waals surface area contributed by atoms with Gasteiger partial charge in [0, 0.05) is 36.3 Å². The zero-order valence-electron chi connectivity index (χ0n) is 26.8. The number of hydrogen-bond donors (Lipinski definition) is 3. The van der Waals surface area contributed by atoms with Gasteiger partial charge >= 0.3 is 0 Å². The number of aliphatic hydroxyl groups excluding tert-OH is 1. The first-order valence-corrected chi connectivity index (χ1v) is 17.3. The molecule has 3 N–H and O–H groups in total. The Morgan fingerprint density at radius 3 is 2.20 bits per heavy atom. The normalized spacial score (nSPS) is 26.9. The van der Waals surface area contributed by atoms with Crippen molar-refractivity contribution >= 4 is 40.9 Å². The van der Waals surface area contributed by atoms with E-state index in [0.717, 1.165) is 36.3 Å². The number of aliphatic hydroxyl groups is 1. The van der Waals surface area contributed by atoms with Crippen molar-refractivity contribution in [3.8, 4) is 0 Å². The van der Waals surface area contributed by atoms with Crippen LogP contribution >= 0.6 is 11.8 Å². The number of nitrogens with one attached hydrogen (secondary N) is 2. The minimum absolute atomic E-state index is 0.0245. The summed E-state index contributed by atoms with van der Waals surface area (Å²) in [6.07, 6.45) is 1.15. The molecule has 3 aromatic carbocycles. The number of hydrogen-bond acceptors (Lipinski definition) is 6. The van der Waals surface area contributed by atoms with Gasteiger partial charge in [-0.3, -0.25) is 14.4 Å². The van der Waals surface area contributed by atoms with Crippen molar-refractivity contribution in [1.29, 1.82) is 0 Å². The van der Waals surface area contributed by atoms with E-state index in [9.17, 15) is 19.5 Å². The van der Waals surface area contributed by atoms with E-state index in [-0.39, 0.29) is 35.5 Å². The van der Waals surface area contributed by atoms with Crippen LogP contribution in [0.2, 0.25) is 0 Å². The molecule has 3 unspecified atom stereocenters. The molecule has 3 aromatic rings. The minimum Gasteiger partial charge on any atom is -0.394 e. The fraction of sp³-hybridized carbons (Fsp3) is 0.432. The molecular formula is C37H44N4O4S. The van der Waals surface area contributed by atoms with Crippen LogP contribution in [-0.2, 0) is 27.3 Å². The highest BCUT2D eigenvalue weighted by Gasteiger charge is 2.76. The number of thioether (sulfide) groups is 1. The van der Waals surface area contributed by atoms with Crippen molar-refractivity contribution in [3.05, 3.63) is 96.1 Å². The van der Waals surface area contributed by atoms with Gasteiger partial charge in [0.1, 0.15) is 6.04 Å². The Bertz CT molecular complexity index is 1530. The van der Waals surface area contributed by atoms with E-state index >= 15 is 0 Å². The van der Waals surface area contributed by atoms with E-state index < -0.39 is 28.7 Å². The van der Waals surface area contributed by atoms with Crippen molar-refractivity contribution in [2.24, 2.45) is 17.8 Å². The van der Waals surface area contributed by atoms with E-state index in [0.29, 0.717) is 18.7 Å². The first-order valence-electron chi connectivity index (χ1n) is 16.4. The average Bonchev–Trinajstić information content (AvgIpc) is 3.68. The van der Waals surface area contributed by atoms with Gasteiger partial charge in [-0.05, 0) is 68.0 Å². The van der Waals surface area contributed by atoms with Crippen molar-refractivity contribution in [1.82, 2.24) is 10.2 Å². The van der Waals surface area contributed by atoms with Crippen molar-refractivity contribution in [3.63, 3.8) is 0 Å². The third-order valence-electron chi connectivity index (χ3n) is 10.2. The summed E-state index contributed by atoms with van der Waals surface area (Å²) in [6, 6.07) is 25.8. The summed E-state index contributed by atoms with van der Waals surface area (Å²) in [4.78, 5) is 47.0. The predicted molar refractivity (Wildman–Crippen MR) is 183 cm³/mol. The molecule has 7 atom stereocenters. The predicted octanol–water partition coefficient (Wildman–Crippen LogP) is 4.73. The molecule has 0 saturated carbocycles. The summed E-state index contributed by atoms with van der Waals surface area (Å²) in [7, 11) is 0. The summed E-state index contributed by atoms with van der Waals surface area (Å²) in [5.74, 6) is -1.83. The van der Waals surface area contributed by atoms with Crippen molar-refractivity contribution in [2.75, 3.05) is 29.9 Å². The maximum atomic E-state index is 14.7. The van der Waals surface area contributed by atoms with Crippen LogP contribution in [-0.4, -0.2) is 69.5 Å². The summed E-state index contributed by atoms with van der Waals surface area (Å²) in [6.45, 7) is 8.17. The number of carbonyl (C=O) groups is 3. The molecule has 0 radical (unpaired) electrons. The molecule has 3 saturated heterocycles. The molecule has 9 heteroatoms. The Morgan fingerprint density at radius 2 is 1.59 bits per heavy atom. The molecule has 3 aliphatic heterocycles. The molecule has 3 fully saturated rings. The van der Waals surface area contributed by atoms with Gasteiger partial charge in [-0.2, -0.15) is 0 Å². The van der Waals surface area contributed by atoms with Crippen molar-refractivity contribution < 1.29 is 19.5 Å². The van der Waals surface area contributed by atoms with E-state index in [1.807, 2.05) is 84.9 Å². The second kappa shape index (κ2) is 13.5. The van der Waals surface area contributed by atoms with Gasteiger partial charge in [0.15, 0.2) is 0 Å². The van der Waals surface area contributed by atoms with Crippen LogP contribution in [0.15, 0.2) is 84.9 Å². The van der Waals surface area contributed by atoms with Crippen LogP contribution in [0.5, 0.6) is 0 Å². The second-order valence-electron chi connectivity index (χ2n) is 12.7. The number of likely N-dealkylation sites (tertiary alicyclic amines) is 1. The number of amides is 3. The summed E-state index contributed by atoms with van der Waals surface area (Å²) >= 11 is 1.64. The zero-order valence-corrected chi connectivity index (χ0v) is 27.6. The number of anilines is 2. The zero-order chi connectivity index (χ0) is 32.4. The Kier molecular flexibility index (Phi) is 9.43. The fourth-order valence-corrected chi connectivity index (χ4v) is 10.5. The molecule has 242 valence electrons. The molecule has 3 amide bonds. The van der Waals surface area contributed by atoms with Gasteiger partial charge in [-0.1, -0.05) is 67.6 Å². The lowest BCUT2D eigenvalue weighted by Gasteiger charge is -2.40. The third kappa shape index (κ3) is 5.68. The second-order valence-corrected chi connectivity index (χ2v) is 14.3. The van der Waals surface area contributed by atoms with E-state index in [2.05, 4.69) is 36.3 Å². The fourth-order valence-electron chi connectivity index (χ4n) is 8.05. The number of carbonyl (C=O) groups excluding carboxylic acids is 3. The van der Waals surface area contributed by atoms with Gasteiger partial charge in [-0.15, -0.1) is 11.8 Å². The van der Waals surface area contributed by atoms with Crippen LogP contribution in [0.4, 0.5) is 11.4 Å². The molecule has 2 bridgehead atoms. The van der Waals surface area contributed by atoms with Gasteiger partial charge in [0.05, 0.1) is 29.2 Å².